The van der Waals surface area contributed by atoms with Gasteiger partial charge in [0.1, 0.15) is 16.4 Å². The number of amides is 2. The van der Waals surface area contributed by atoms with E-state index in [1.165, 1.54) is 25.6 Å². The molecule has 0 aromatic carbocycles. The van der Waals surface area contributed by atoms with Gasteiger partial charge in [-0.1, -0.05) is 0 Å². The molecule has 4 heterocycles. The number of anilines is 1. The number of hydrogen-bond acceptors (Lipinski definition) is 11. The number of aromatic nitrogens is 3. The van der Waals surface area contributed by atoms with Crippen LogP contribution >= 0.6 is 11.3 Å². The quantitative estimate of drug-likeness (QED) is 0.318. The Kier molecular flexibility index (Phi) is 10.1. The van der Waals surface area contributed by atoms with Gasteiger partial charge in [-0.2, -0.15) is 13.2 Å². The van der Waals surface area contributed by atoms with E-state index in [-0.39, 0.29) is 63.6 Å². The van der Waals surface area contributed by atoms with Crippen molar-refractivity contribution in [3.8, 4) is 27.6 Å². The van der Waals surface area contributed by atoms with Crippen LogP contribution in [0, 0.1) is 5.92 Å². The first kappa shape index (κ1) is 31.6. The molecule has 1 aliphatic heterocycles. The summed E-state index contributed by atoms with van der Waals surface area (Å²) in [6.45, 7) is 3.28. The SMILES string of the molecule is CCNC(=O)Nc1ncc(-c2cc(C(=O)OC)cnc2OCC2CCOCC2)c(-c2nc(C(F)(F)F)cs2)c1C(=O)OC. The van der Waals surface area contributed by atoms with E-state index in [2.05, 4.69) is 25.6 Å². The summed E-state index contributed by atoms with van der Waals surface area (Å²) in [5.74, 6) is -1.88. The van der Waals surface area contributed by atoms with Gasteiger partial charge in [0.05, 0.1) is 26.4 Å². The van der Waals surface area contributed by atoms with E-state index >= 15 is 0 Å². The standard InChI is InChI=1S/C27H28F3N5O7S/c1-4-31-26(38)35-21-20(25(37)40-3)19(23-34-18(13-43-23)27(28,29)30)17(11-32-21)16-9-15(24(36)39-2)10-33-22(16)42-12-14-5-7-41-8-6-14/h9-11,13-14H,4-8,12H2,1-3H3,(H2,31,32,35,38). The molecule has 0 atom stereocenters. The Morgan fingerprint density at radius 2 is 1.79 bits per heavy atom. The summed E-state index contributed by atoms with van der Waals surface area (Å²) in [5, 5.41) is 5.49. The topological polar surface area (TPSA) is 151 Å². The molecule has 1 aliphatic rings. The van der Waals surface area contributed by atoms with Crippen LogP contribution in [0.25, 0.3) is 21.7 Å². The van der Waals surface area contributed by atoms with Gasteiger partial charge in [0.2, 0.25) is 5.88 Å². The fourth-order valence-corrected chi connectivity index (χ4v) is 5.15. The number of thiazole rings is 1. The molecule has 0 radical (unpaired) electrons. The number of alkyl halides is 3. The lowest BCUT2D eigenvalue weighted by Gasteiger charge is -2.23. The molecule has 3 aromatic rings. The second-order valence-corrected chi connectivity index (χ2v) is 10.1. The number of rotatable bonds is 9. The highest BCUT2D eigenvalue weighted by atomic mass is 32.1. The van der Waals surface area contributed by atoms with Crippen molar-refractivity contribution in [2.45, 2.75) is 25.9 Å². The number of esters is 2. The molecule has 2 amide bonds. The van der Waals surface area contributed by atoms with Crippen LogP contribution in [0.4, 0.5) is 23.8 Å². The van der Waals surface area contributed by atoms with Gasteiger partial charge in [0, 0.05) is 54.2 Å². The summed E-state index contributed by atoms with van der Waals surface area (Å²) in [5.41, 5.74) is -1.54. The van der Waals surface area contributed by atoms with Crippen molar-refractivity contribution < 1.29 is 46.5 Å². The maximum Gasteiger partial charge on any atom is 0.434 e. The monoisotopic (exact) mass is 623 g/mol. The van der Waals surface area contributed by atoms with Crippen LogP contribution < -0.4 is 15.4 Å². The number of ether oxygens (including phenoxy) is 4. The van der Waals surface area contributed by atoms with E-state index in [1.54, 1.807) is 6.92 Å². The number of nitrogens with zero attached hydrogens (tertiary/aromatic N) is 3. The van der Waals surface area contributed by atoms with Crippen molar-refractivity contribution in [2.24, 2.45) is 5.92 Å². The number of pyridine rings is 2. The molecule has 2 N–H and O–H groups in total. The summed E-state index contributed by atoms with van der Waals surface area (Å²) in [6, 6.07) is 0.651. The molecule has 230 valence electrons. The highest BCUT2D eigenvalue weighted by Crippen LogP contribution is 2.43. The number of nitrogens with one attached hydrogen (secondary N) is 2. The largest absolute Gasteiger partial charge is 0.477 e. The van der Waals surface area contributed by atoms with Gasteiger partial charge in [-0.3, -0.25) is 5.32 Å². The predicted octanol–water partition coefficient (Wildman–Crippen LogP) is 4.81. The Hall–Kier alpha value is -4.31. The molecular weight excluding hydrogens is 595 g/mol. The number of carbonyl (C=O) groups excluding carboxylic acids is 3. The van der Waals surface area contributed by atoms with Crippen molar-refractivity contribution >= 4 is 35.1 Å². The normalized spacial score (nSPS) is 13.7. The van der Waals surface area contributed by atoms with Crippen molar-refractivity contribution in [2.75, 3.05) is 45.9 Å². The van der Waals surface area contributed by atoms with E-state index in [0.717, 1.165) is 25.3 Å². The summed E-state index contributed by atoms with van der Waals surface area (Å²) >= 11 is 0.613. The number of urea groups is 1. The molecule has 0 unspecified atom stereocenters. The Bertz CT molecular complexity index is 1490. The zero-order chi connectivity index (χ0) is 31.1. The first-order valence-electron chi connectivity index (χ1n) is 13.1. The number of methoxy groups -OCH3 is 2. The van der Waals surface area contributed by atoms with E-state index in [9.17, 15) is 27.6 Å². The molecule has 4 rings (SSSR count). The molecule has 0 aliphatic carbocycles. The fourth-order valence-electron chi connectivity index (χ4n) is 4.26. The third kappa shape index (κ3) is 7.37. The molecule has 0 saturated carbocycles. The average molecular weight is 624 g/mol. The summed E-state index contributed by atoms with van der Waals surface area (Å²) in [6.07, 6.45) is -0.834. The molecule has 3 aromatic heterocycles. The highest BCUT2D eigenvalue weighted by Gasteiger charge is 2.36. The van der Waals surface area contributed by atoms with Gasteiger partial charge >= 0.3 is 24.1 Å². The molecule has 1 saturated heterocycles. The first-order chi connectivity index (χ1) is 20.6. The van der Waals surface area contributed by atoms with Gasteiger partial charge in [0.25, 0.3) is 0 Å². The minimum atomic E-state index is -4.78. The van der Waals surface area contributed by atoms with Crippen molar-refractivity contribution in [1.29, 1.82) is 0 Å². The number of hydrogen-bond donors (Lipinski definition) is 2. The second kappa shape index (κ2) is 13.8. The van der Waals surface area contributed by atoms with E-state index < -0.39 is 29.8 Å². The lowest BCUT2D eigenvalue weighted by atomic mass is 9.97. The molecule has 1 fully saturated rings. The van der Waals surface area contributed by atoms with Crippen LogP contribution in [0.15, 0.2) is 23.8 Å². The molecule has 16 heteroatoms. The fraction of sp³-hybridized carbons (Fsp3) is 0.407. The lowest BCUT2D eigenvalue weighted by Crippen LogP contribution is -2.29. The van der Waals surface area contributed by atoms with E-state index in [4.69, 9.17) is 18.9 Å². The van der Waals surface area contributed by atoms with Gasteiger partial charge in [-0.25, -0.2) is 29.3 Å². The van der Waals surface area contributed by atoms with E-state index in [1.807, 2.05) is 0 Å². The Balaban J connectivity index is 1.97. The van der Waals surface area contributed by atoms with Crippen molar-refractivity contribution in [3.63, 3.8) is 0 Å². The van der Waals surface area contributed by atoms with Crippen LogP contribution in [0.2, 0.25) is 0 Å². The zero-order valence-corrected chi connectivity index (χ0v) is 24.2. The van der Waals surface area contributed by atoms with Crippen molar-refractivity contribution in [1.82, 2.24) is 20.3 Å². The van der Waals surface area contributed by atoms with Gasteiger partial charge < -0.3 is 24.3 Å². The molecule has 12 nitrogen and oxygen atoms in total. The smallest absolute Gasteiger partial charge is 0.434 e. The van der Waals surface area contributed by atoms with Crippen LogP contribution in [-0.2, 0) is 20.4 Å². The van der Waals surface area contributed by atoms with Gasteiger partial charge in [-0.15, -0.1) is 11.3 Å². The first-order valence-corrected chi connectivity index (χ1v) is 13.9. The Labute approximate surface area is 247 Å². The Morgan fingerprint density at radius 3 is 2.42 bits per heavy atom. The van der Waals surface area contributed by atoms with Crippen LogP contribution in [0.3, 0.4) is 0 Å². The number of carbonyl (C=O) groups is 3. The minimum absolute atomic E-state index is 0.00105. The maximum absolute atomic E-state index is 13.6. The van der Waals surface area contributed by atoms with Crippen LogP contribution in [0.5, 0.6) is 5.88 Å². The van der Waals surface area contributed by atoms with Crippen LogP contribution in [-0.4, -0.2) is 73.5 Å². The Morgan fingerprint density at radius 1 is 1.07 bits per heavy atom. The molecule has 0 bridgehead atoms. The maximum atomic E-state index is 13.6. The predicted molar refractivity (Wildman–Crippen MR) is 148 cm³/mol. The highest BCUT2D eigenvalue weighted by molar-refractivity contribution is 7.13. The lowest BCUT2D eigenvalue weighted by molar-refractivity contribution is -0.140. The summed E-state index contributed by atoms with van der Waals surface area (Å²) in [4.78, 5) is 50.3. The number of halogens is 3. The third-order valence-electron chi connectivity index (χ3n) is 6.41. The summed E-state index contributed by atoms with van der Waals surface area (Å²) in [7, 11) is 2.25. The van der Waals surface area contributed by atoms with Crippen LogP contribution in [0.1, 0.15) is 46.2 Å². The third-order valence-corrected chi connectivity index (χ3v) is 7.26. The molecule has 0 spiro atoms. The van der Waals surface area contributed by atoms with Gasteiger partial charge in [0.15, 0.2) is 5.69 Å². The second-order valence-electron chi connectivity index (χ2n) is 9.22. The molecule has 43 heavy (non-hydrogen) atoms. The molecular formula is C27H28F3N5O7S. The minimum Gasteiger partial charge on any atom is -0.477 e. The van der Waals surface area contributed by atoms with Crippen molar-refractivity contribution in [3.05, 3.63) is 40.7 Å². The van der Waals surface area contributed by atoms with E-state index in [0.29, 0.717) is 24.6 Å². The summed E-state index contributed by atoms with van der Waals surface area (Å²) < 4.78 is 62.1. The zero-order valence-electron chi connectivity index (χ0n) is 23.4. The van der Waals surface area contributed by atoms with Gasteiger partial charge in [-0.05, 0) is 31.7 Å². The average Bonchev–Trinajstić information content (AvgIpc) is 3.51.